The van der Waals surface area contributed by atoms with Crippen LogP contribution in [-0.4, -0.2) is 22.7 Å². The highest BCUT2D eigenvalue weighted by Gasteiger charge is 2.18. The summed E-state index contributed by atoms with van der Waals surface area (Å²) in [5, 5.41) is 23.2. The van der Waals surface area contributed by atoms with E-state index < -0.39 is 4.92 Å². The van der Waals surface area contributed by atoms with E-state index in [-0.39, 0.29) is 23.4 Å². The molecule has 2 N–H and O–H groups in total. The third-order valence-electron chi connectivity index (χ3n) is 3.08. The number of nitro benzene ring substituents is 1. The Morgan fingerprint density at radius 3 is 2.58 bits per heavy atom. The number of benzene rings is 1. The van der Waals surface area contributed by atoms with E-state index in [9.17, 15) is 10.1 Å². The highest BCUT2D eigenvalue weighted by atomic mass is 35.5. The molecule has 0 aromatic heterocycles. The zero-order chi connectivity index (χ0) is 14.6. The van der Waals surface area contributed by atoms with Crippen LogP contribution in [-0.2, 0) is 0 Å². The van der Waals surface area contributed by atoms with Gasteiger partial charge in [-0.05, 0) is 30.9 Å². The summed E-state index contributed by atoms with van der Waals surface area (Å²) in [7, 11) is 0. The van der Waals surface area contributed by atoms with Crippen LogP contribution in [0.3, 0.4) is 0 Å². The smallest absolute Gasteiger partial charge is 0.288 e. The van der Waals surface area contributed by atoms with E-state index in [4.69, 9.17) is 16.7 Å². The van der Waals surface area contributed by atoms with Crippen molar-refractivity contribution < 1.29 is 10.0 Å². The van der Waals surface area contributed by atoms with Gasteiger partial charge in [0.25, 0.3) is 5.69 Å². The molecule has 0 aliphatic heterocycles. The second-order valence-electron chi connectivity index (χ2n) is 4.88. The average Bonchev–Trinajstić information content (AvgIpc) is 2.32. The SMILES string of the molecule is Cc1cc([N+](=O)[O-])c(Cl)cc1NC(CCO)C(C)C. The van der Waals surface area contributed by atoms with Crippen LogP contribution in [0.2, 0.25) is 5.02 Å². The Labute approximate surface area is 117 Å². The number of aliphatic hydroxyl groups is 1. The van der Waals surface area contributed by atoms with E-state index in [2.05, 4.69) is 19.2 Å². The number of nitro groups is 1. The van der Waals surface area contributed by atoms with Gasteiger partial charge in [-0.1, -0.05) is 25.4 Å². The quantitative estimate of drug-likeness (QED) is 0.621. The van der Waals surface area contributed by atoms with Gasteiger partial charge in [0, 0.05) is 24.4 Å². The molecular formula is C13H19ClN2O3. The van der Waals surface area contributed by atoms with Crippen LogP contribution in [0.5, 0.6) is 0 Å². The maximum absolute atomic E-state index is 10.8. The van der Waals surface area contributed by atoms with Crippen molar-refractivity contribution in [2.24, 2.45) is 5.92 Å². The summed E-state index contributed by atoms with van der Waals surface area (Å²) < 4.78 is 0. The zero-order valence-electron chi connectivity index (χ0n) is 11.3. The normalized spacial score (nSPS) is 12.5. The molecule has 19 heavy (non-hydrogen) atoms. The third kappa shape index (κ3) is 4.08. The lowest BCUT2D eigenvalue weighted by Crippen LogP contribution is -2.27. The minimum atomic E-state index is -0.493. The predicted octanol–water partition coefficient (Wildman–Crippen LogP) is 3.38. The molecule has 0 aliphatic rings. The van der Waals surface area contributed by atoms with Crippen molar-refractivity contribution in [1.82, 2.24) is 0 Å². The second-order valence-corrected chi connectivity index (χ2v) is 5.29. The van der Waals surface area contributed by atoms with Gasteiger partial charge < -0.3 is 10.4 Å². The van der Waals surface area contributed by atoms with Gasteiger partial charge in [0.1, 0.15) is 5.02 Å². The van der Waals surface area contributed by atoms with Gasteiger partial charge in [-0.2, -0.15) is 0 Å². The van der Waals surface area contributed by atoms with Crippen molar-refractivity contribution in [2.75, 3.05) is 11.9 Å². The number of halogens is 1. The Bertz CT molecular complexity index is 463. The van der Waals surface area contributed by atoms with Crippen LogP contribution >= 0.6 is 11.6 Å². The van der Waals surface area contributed by atoms with Gasteiger partial charge in [-0.3, -0.25) is 10.1 Å². The summed E-state index contributed by atoms with van der Waals surface area (Å²) >= 11 is 5.91. The molecule has 0 saturated carbocycles. The number of hydrogen-bond acceptors (Lipinski definition) is 4. The number of nitrogens with one attached hydrogen (secondary N) is 1. The van der Waals surface area contributed by atoms with Crippen molar-refractivity contribution in [3.8, 4) is 0 Å². The Hall–Kier alpha value is -1.33. The van der Waals surface area contributed by atoms with Crippen molar-refractivity contribution in [1.29, 1.82) is 0 Å². The lowest BCUT2D eigenvalue weighted by molar-refractivity contribution is -0.384. The van der Waals surface area contributed by atoms with Gasteiger partial charge in [-0.25, -0.2) is 0 Å². The topological polar surface area (TPSA) is 75.4 Å². The Balaban J connectivity index is 3.01. The summed E-state index contributed by atoms with van der Waals surface area (Å²) in [6, 6.07) is 3.13. The maximum atomic E-state index is 10.8. The van der Waals surface area contributed by atoms with E-state index in [1.165, 1.54) is 6.07 Å². The molecule has 1 aromatic carbocycles. The molecule has 1 rings (SSSR count). The highest BCUT2D eigenvalue weighted by molar-refractivity contribution is 6.33. The molecule has 0 aliphatic carbocycles. The monoisotopic (exact) mass is 286 g/mol. The largest absolute Gasteiger partial charge is 0.396 e. The predicted molar refractivity (Wildman–Crippen MR) is 76.8 cm³/mol. The highest BCUT2D eigenvalue weighted by Crippen LogP contribution is 2.31. The summed E-state index contributed by atoms with van der Waals surface area (Å²) in [5.41, 5.74) is 1.44. The number of hydrogen-bond donors (Lipinski definition) is 2. The molecule has 0 saturated heterocycles. The van der Waals surface area contributed by atoms with E-state index in [1.54, 1.807) is 13.0 Å². The number of anilines is 1. The van der Waals surface area contributed by atoms with Crippen LogP contribution < -0.4 is 5.32 Å². The molecule has 5 nitrogen and oxygen atoms in total. The molecule has 0 spiro atoms. The molecule has 106 valence electrons. The average molecular weight is 287 g/mol. The number of aliphatic hydroxyl groups excluding tert-OH is 1. The van der Waals surface area contributed by atoms with Crippen LogP contribution in [0.15, 0.2) is 12.1 Å². The molecule has 1 unspecified atom stereocenters. The summed E-state index contributed by atoms with van der Waals surface area (Å²) in [6.45, 7) is 5.99. The Morgan fingerprint density at radius 1 is 1.47 bits per heavy atom. The molecule has 0 fully saturated rings. The van der Waals surface area contributed by atoms with Crippen LogP contribution in [0.1, 0.15) is 25.8 Å². The first kappa shape index (κ1) is 15.7. The lowest BCUT2D eigenvalue weighted by Gasteiger charge is -2.24. The molecule has 1 atom stereocenters. The lowest BCUT2D eigenvalue weighted by atomic mass is 10.0. The molecule has 1 aromatic rings. The fourth-order valence-electron chi connectivity index (χ4n) is 1.87. The number of rotatable bonds is 6. The van der Waals surface area contributed by atoms with Crippen LogP contribution in [0, 0.1) is 23.0 Å². The van der Waals surface area contributed by atoms with Crippen LogP contribution in [0.4, 0.5) is 11.4 Å². The minimum Gasteiger partial charge on any atom is -0.396 e. The van der Waals surface area contributed by atoms with E-state index in [1.807, 2.05) is 0 Å². The first-order chi connectivity index (χ1) is 8.86. The van der Waals surface area contributed by atoms with Gasteiger partial charge >= 0.3 is 0 Å². The van der Waals surface area contributed by atoms with Crippen molar-refractivity contribution in [3.63, 3.8) is 0 Å². The van der Waals surface area contributed by atoms with Crippen molar-refractivity contribution in [2.45, 2.75) is 33.2 Å². The van der Waals surface area contributed by atoms with Gasteiger partial charge in [-0.15, -0.1) is 0 Å². The molecule has 6 heteroatoms. The minimum absolute atomic E-state index is 0.0898. The molecular weight excluding hydrogens is 268 g/mol. The van der Waals surface area contributed by atoms with Gasteiger partial charge in [0.2, 0.25) is 0 Å². The third-order valence-corrected chi connectivity index (χ3v) is 3.38. The van der Waals surface area contributed by atoms with Crippen molar-refractivity contribution in [3.05, 3.63) is 32.8 Å². The van der Waals surface area contributed by atoms with E-state index in [0.717, 1.165) is 11.3 Å². The zero-order valence-corrected chi connectivity index (χ0v) is 12.1. The van der Waals surface area contributed by atoms with Crippen molar-refractivity contribution >= 4 is 23.0 Å². The molecule has 0 amide bonds. The summed E-state index contributed by atoms with van der Waals surface area (Å²) in [4.78, 5) is 10.3. The molecule has 0 bridgehead atoms. The van der Waals surface area contributed by atoms with Gasteiger partial charge in [0.05, 0.1) is 4.92 Å². The summed E-state index contributed by atoms with van der Waals surface area (Å²) in [6.07, 6.45) is 0.617. The number of aryl methyl sites for hydroxylation is 1. The Kier molecular flexibility index (Phi) is 5.57. The second kappa shape index (κ2) is 6.73. The summed E-state index contributed by atoms with van der Waals surface area (Å²) in [5.74, 6) is 0.334. The Morgan fingerprint density at radius 2 is 2.11 bits per heavy atom. The standard InChI is InChI=1S/C13H19ClN2O3/c1-8(2)11(4-5-17)15-12-7-10(14)13(16(18)19)6-9(12)3/h6-8,11,15,17H,4-5H2,1-3H3. The first-order valence-electron chi connectivity index (χ1n) is 6.18. The molecule has 0 heterocycles. The number of nitrogens with zero attached hydrogens (tertiary/aromatic N) is 1. The van der Waals surface area contributed by atoms with Crippen LogP contribution in [0.25, 0.3) is 0 Å². The van der Waals surface area contributed by atoms with Gasteiger partial charge in [0.15, 0.2) is 0 Å². The fourth-order valence-corrected chi connectivity index (χ4v) is 2.11. The van der Waals surface area contributed by atoms with E-state index >= 15 is 0 Å². The first-order valence-corrected chi connectivity index (χ1v) is 6.56. The van der Waals surface area contributed by atoms with E-state index in [0.29, 0.717) is 12.3 Å². The fraction of sp³-hybridized carbons (Fsp3) is 0.538. The maximum Gasteiger partial charge on any atom is 0.288 e. The molecule has 0 radical (unpaired) electrons.